The largest absolute Gasteiger partial charge is 0.490 e. The number of hydrogen-bond acceptors (Lipinski definition) is 3. The molecule has 1 atom stereocenters. The Morgan fingerprint density at radius 1 is 1.33 bits per heavy atom. The number of hydrogen-bond donors (Lipinski definition) is 1. The van der Waals surface area contributed by atoms with Crippen LogP contribution < -0.4 is 10.1 Å². The molecular formula is C17H20ClNOS. The molecule has 1 aliphatic rings. The minimum atomic E-state index is 0.149. The third-order valence-corrected chi connectivity index (χ3v) is 5.42. The maximum absolute atomic E-state index is 6.44. The van der Waals surface area contributed by atoms with Crippen molar-refractivity contribution in [1.29, 1.82) is 0 Å². The van der Waals surface area contributed by atoms with Crippen LogP contribution in [0.1, 0.15) is 41.8 Å². The second kappa shape index (κ2) is 6.39. The van der Waals surface area contributed by atoms with Gasteiger partial charge in [-0.1, -0.05) is 30.7 Å². The van der Waals surface area contributed by atoms with Crippen LogP contribution in [0.2, 0.25) is 5.02 Å². The molecule has 1 N–H and O–H groups in total. The number of rotatable bonds is 6. The normalized spacial score (nSPS) is 16.0. The Morgan fingerprint density at radius 2 is 2.05 bits per heavy atom. The summed E-state index contributed by atoms with van der Waals surface area (Å²) in [5, 5.41) is 6.52. The fourth-order valence-electron chi connectivity index (χ4n) is 2.33. The summed E-state index contributed by atoms with van der Waals surface area (Å²) in [6.45, 7) is 5.07. The number of aryl methyl sites for hydroxylation is 1. The van der Waals surface area contributed by atoms with E-state index >= 15 is 0 Å². The third-order valence-electron chi connectivity index (χ3n) is 3.64. The topological polar surface area (TPSA) is 21.3 Å². The van der Waals surface area contributed by atoms with Crippen LogP contribution in [0.15, 0.2) is 29.6 Å². The molecule has 0 amide bonds. The molecule has 1 fully saturated rings. The lowest BCUT2D eigenvalue weighted by Gasteiger charge is -2.18. The van der Waals surface area contributed by atoms with Gasteiger partial charge in [-0.25, -0.2) is 0 Å². The molecular weight excluding hydrogens is 302 g/mol. The van der Waals surface area contributed by atoms with Crippen molar-refractivity contribution in [2.75, 3.05) is 6.54 Å². The maximum atomic E-state index is 6.44. The highest BCUT2D eigenvalue weighted by Crippen LogP contribution is 2.36. The SMILES string of the molecule is CCNC(c1ccc(OC2CC2)cc1)c1scc(C)c1Cl. The van der Waals surface area contributed by atoms with Gasteiger partial charge in [0.25, 0.3) is 0 Å². The molecule has 4 heteroatoms. The summed E-state index contributed by atoms with van der Waals surface area (Å²) in [4.78, 5) is 1.19. The lowest BCUT2D eigenvalue weighted by Crippen LogP contribution is -2.21. The van der Waals surface area contributed by atoms with Crippen LogP contribution >= 0.6 is 22.9 Å². The van der Waals surface area contributed by atoms with Crippen LogP contribution in [-0.2, 0) is 0 Å². The van der Waals surface area contributed by atoms with E-state index in [1.54, 1.807) is 11.3 Å². The highest BCUT2D eigenvalue weighted by molar-refractivity contribution is 7.10. The van der Waals surface area contributed by atoms with Crippen molar-refractivity contribution >= 4 is 22.9 Å². The summed E-state index contributed by atoms with van der Waals surface area (Å²) in [6.07, 6.45) is 2.81. The van der Waals surface area contributed by atoms with Crippen LogP contribution in [0.25, 0.3) is 0 Å². The number of nitrogens with one attached hydrogen (secondary N) is 1. The van der Waals surface area contributed by atoms with E-state index in [2.05, 4.69) is 48.8 Å². The molecule has 1 heterocycles. The highest BCUT2D eigenvalue weighted by Gasteiger charge is 2.24. The first-order valence-corrected chi connectivity index (χ1v) is 8.68. The first-order valence-electron chi connectivity index (χ1n) is 7.42. The van der Waals surface area contributed by atoms with Crippen molar-refractivity contribution in [3.63, 3.8) is 0 Å². The van der Waals surface area contributed by atoms with E-state index in [0.29, 0.717) is 6.10 Å². The summed E-state index contributed by atoms with van der Waals surface area (Å²) in [5.74, 6) is 0.963. The Bertz CT molecular complexity index is 604. The Labute approximate surface area is 135 Å². The second-order valence-corrected chi connectivity index (χ2v) is 6.76. The Hall–Kier alpha value is -1.03. The summed E-state index contributed by atoms with van der Waals surface area (Å²) < 4.78 is 5.81. The zero-order valence-corrected chi connectivity index (χ0v) is 13.9. The van der Waals surface area contributed by atoms with E-state index in [4.69, 9.17) is 16.3 Å². The zero-order valence-electron chi connectivity index (χ0n) is 12.4. The standard InChI is InChI=1S/C17H20ClNOS/c1-3-19-16(17-15(18)11(2)10-21-17)12-4-6-13(7-5-12)20-14-8-9-14/h4-7,10,14,16,19H,3,8-9H2,1-2H3. The van der Waals surface area contributed by atoms with Crippen LogP contribution in [0, 0.1) is 6.92 Å². The average Bonchev–Trinajstić information content (AvgIpc) is 3.24. The van der Waals surface area contributed by atoms with E-state index in [0.717, 1.165) is 22.9 Å². The van der Waals surface area contributed by atoms with Crippen molar-refractivity contribution < 1.29 is 4.74 Å². The molecule has 0 saturated heterocycles. The molecule has 0 spiro atoms. The molecule has 1 saturated carbocycles. The van der Waals surface area contributed by atoms with Gasteiger partial charge in [0, 0.05) is 4.88 Å². The average molecular weight is 322 g/mol. The second-order valence-electron chi connectivity index (χ2n) is 5.47. The van der Waals surface area contributed by atoms with Crippen LogP contribution in [0.5, 0.6) is 5.75 Å². The lowest BCUT2D eigenvalue weighted by atomic mass is 10.0. The predicted molar refractivity (Wildman–Crippen MR) is 89.7 cm³/mol. The molecule has 1 aliphatic carbocycles. The van der Waals surface area contributed by atoms with E-state index in [9.17, 15) is 0 Å². The van der Waals surface area contributed by atoms with Crippen molar-refractivity contribution in [3.8, 4) is 5.75 Å². The fourth-order valence-corrected chi connectivity index (χ4v) is 3.73. The van der Waals surface area contributed by atoms with E-state index < -0.39 is 0 Å². The molecule has 1 aromatic heterocycles. The van der Waals surface area contributed by atoms with E-state index in [1.807, 2.05) is 0 Å². The third kappa shape index (κ3) is 3.42. The summed E-state index contributed by atoms with van der Waals surface area (Å²) in [6, 6.07) is 8.54. The molecule has 0 bridgehead atoms. The van der Waals surface area contributed by atoms with Gasteiger partial charge in [-0.05, 0) is 54.9 Å². The summed E-state index contributed by atoms with van der Waals surface area (Å²) in [5.41, 5.74) is 2.37. The van der Waals surface area contributed by atoms with Gasteiger partial charge in [-0.15, -0.1) is 11.3 Å². The smallest absolute Gasteiger partial charge is 0.119 e. The first-order chi connectivity index (χ1) is 10.2. The molecule has 2 aromatic rings. The van der Waals surface area contributed by atoms with Gasteiger partial charge in [0.2, 0.25) is 0 Å². The Morgan fingerprint density at radius 3 is 2.57 bits per heavy atom. The summed E-state index contributed by atoms with van der Waals surface area (Å²) in [7, 11) is 0. The van der Waals surface area contributed by atoms with E-state index in [-0.39, 0.29) is 6.04 Å². The molecule has 112 valence electrons. The van der Waals surface area contributed by atoms with Crippen molar-refractivity contribution in [3.05, 3.63) is 50.7 Å². The number of thiophene rings is 1. The highest BCUT2D eigenvalue weighted by atomic mass is 35.5. The van der Waals surface area contributed by atoms with Gasteiger partial charge in [0.1, 0.15) is 5.75 Å². The molecule has 21 heavy (non-hydrogen) atoms. The van der Waals surface area contributed by atoms with Crippen molar-refractivity contribution in [1.82, 2.24) is 5.32 Å². The Balaban J connectivity index is 1.84. The minimum absolute atomic E-state index is 0.149. The van der Waals surface area contributed by atoms with Crippen molar-refractivity contribution in [2.45, 2.75) is 38.8 Å². The van der Waals surface area contributed by atoms with Gasteiger partial charge in [0.05, 0.1) is 17.2 Å². The molecule has 3 rings (SSSR count). The van der Waals surface area contributed by atoms with Crippen LogP contribution in [0.4, 0.5) is 0 Å². The minimum Gasteiger partial charge on any atom is -0.490 e. The van der Waals surface area contributed by atoms with Gasteiger partial charge < -0.3 is 10.1 Å². The molecule has 0 radical (unpaired) electrons. The molecule has 2 nitrogen and oxygen atoms in total. The van der Waals surface area contributed by atoms with Crippen molar-refractivity contribution in [2.24, 2.45) is 0 Å². The lowest BCUT2D eigenvalue weighted by molar-refractivity contribution is 0.303. The zero-order chi connectivity index (χ0) is 14.8. The predicted octanol–water partition coefficient (Wildman–Crippen LogP) is 4.95. The Kier molecular flexibility index (Phi) is 4.53. The van der Waals surface area contributed by atoms with E-state index in [1.165, 1.54) is 23.3 Å². The number of halogens is 1. The van der Waals surface area contributed by atoms with Gasteiger partial charge in [0.15, 0.2) is 0 Å². The van der Waals surface area contributed by atoms with Gasteiger partial charge in [-0.3, -0.25) is 0 Å². The first kappa shape index (κ1) is 14.9. The quantitative estimate of drug-likeness (QED) is 0.812. The molecule has 0 aliphatic heterocycles. The molecule has 1 aromatic carbocycles. The monoisotopic (exact) mass is 321 g/mol. The van der Waals surface area contributed by atoms with Gasteiger partial charge in [-0.2, -0.15) is 0 Å². The fraction of sp³-hybridized carbons (Fsp3) is 0.412. The van der Waals surface area contributed by atoms with Crippen LogP contribution in [-0.4, -0.2) is 12.6 Å². The maximum Gasteiger partial charge on any atom is 0.119 e. The van der Waals surface area contributed by atoms with Crippen LogP contribution in [0.3, 0.4) is 0 Å². The molecule has 1 unspecified atom stereocenters. The summed E-state index contributed by atoms with van der Waals surface area (Å²) >= 11 is 8.16. The van der Waals surface area contributed by atoms with Gasteiger partial charge >= 0.3 is 0 Å². The number of benzene rings is 1. The number of ether oxygens (including phenoxy) is 1.